The van der Waals surface area contributed by atoms with Crippen LogP contribution >= 0.6 is 0 Å². The van der Waals surface area contributed by atoms with Gasteiger partial charge in [0.25, 0.3) is 0 Å². The van der Waals surface area contributed by atoms with Gasteiger partial charge < -0.3 is 21.5 Å². The smallest absolute Gasteiger partial charge is 0.393 e. The maximum absolute atomic E-state index is 13.1. The van der Waals surface area contributed by atoms with Crippen molar-refractivity contribution < 1.29 is 27.8 Å². The number of hydrogen-bond acceptors (Lipinski definition) is 6. The van der Waals surface area contributed by atoms with Gasteiger partial charge in [0.2, 0.25) is 5.91 Å². The summed E-state index contributed by atoms with van der Waals surface area (Å²) in [4.78, 5) is 13.1. The molecule has 4 fully saturated rings. The molecule has 0 saturated heterocycles. The van der Waals surface area contributed by atoms with E-state index in [2.05, 4.69) is 20.7 Å². The molecule has 0 radical (unpaired) electrons. The van der Waals surface area contributed by atoms with Crippen molar-refractivity contribution in [2.45, 2.75) is 140 Å². The molecule has 38 heavy (non-hydrogen) atoms. The molecule has 4 aliphatic carbocycles. The first-order valence-electron chi connectivity index (χ1n) is 15.1. The third kappa shape index (κ3) is 9.04. The number of rotatable bonds is 9. The number of nitrogens with two attached hydrogens (primary N) is 1. The Balaban J connectivity index is 1.09. The van der Waals surface area contributed by atoms with Gasteiger partial charge in [0, 0.05) is 24.7 Å². The number of aliphatic hydroxyl groups is 1. The second-order valence-electron chi connectivity index (χ2n) is 12.4. The van der Waals surface area contributed by atoms with Gasteiger partial charge >= 0.3 is 6.36 Å². The fourth-order valence-electron chi connectivity index (χ4n) is 7.55. The van der Waals surface area contributed by atoms with E-state index < -0.39 is 12.5 Å². The van der Waals surface area contributed by atoms with Crippen LogP contribution in [0.15, 0.2) is 0 Å². The highest BCUT2D eigenvalue weighted by atomic mass is 19.4. The van der Waals surface area contributed by atoms with E-state index in [1.54, 1.807) is 0 Å². The maximum atomic E-state index is 13.1. The number of carbonyl (C=O) groups is 1. The summed E-state index contributed by atoms with van der Waals surface area (Å²) in [6.45, 7) is 0.534. The van der Waals surface area contributed by atoms with Crippen LogP contribution in [0, 0.1) is 23.7 Å². The number of carbonyl (C=O) groups excluding carboxylic acids is 1. The zero-order chi connectivity index (χ0) is 27.1. The first-order chi connectivity index (χ1) is 18.2. The molecule has 0 heterocycles. The van der Waals surface area contributed by atoms with Crippen LogP contribution < -0.4 is 21.7 Å². The largest absolute Gasteiger partial charge is 0.522 e. The zero-order valence-corrected chi connectivity index (χ0v) is 22.7. The summed E-state index contributed by atoms with van der Waals surface area (Å²) in [6, 6.07) is 0.383. The van der Waals surface area contributed by atoms with Crippen molar-refractivity contribution in [3.63, 3.8) is 0 Å². The van der Waals surface area contributed by atoms with Gasteiger partial charge in [-0.25, -0.2) is 0 Å². The summed E-state index contributed by atoms with van der Waals surface area (Å²) >= 11 is 0. The van der Waals surface area contributed by atoms with Crippen LogP contribution in [-0.2, 0) is 9.53 Å². The Labute approximate surface area is 225 Å². The zero-order valence-electron chi connectivity index (χ0n) is 22.7. The molecule has 0 aliphatic heterocycles. The Bertz CT molecular complexity index is 727. The van der Waals surface area contributed by atoms with E-state index in [-0.39, 0.29) is 36.2 Å². The van der Waals surface area contributed by atoms with Crippen LogP contribution in [0.2, 0.25) is 0 Å². The van der Waals surface area contributed by atoms with Crippen molar-refractivity contribution in [3.8, 4) is 0 Å². The average Bonchev–Trinajstić information content (AvgIpc) is 2.89. The molecule has 6 N–H and O–H groups in total. The summed E-state index contributed by atoms with van der Waals surface area (Å²) in [5.74, 6) is 1.46. The fourth-order valence-corrected chi connectivity index (χ4v) is 7.55. The number of hydrogen-bond donors (Lipinski definition) is 5. The first-order valence-corrected chi connectivity index (χ1v) is 15.1. The Morgan fingerprint density at radius 3 is 2.26 bits per heavy atom. The van der Waals surface area contributed by atoms with Gasteiger partial charge in [0.1, 0.15) is 0 Å². The molecule has 7 nitrogen and oxygen atoms in total. The van der Waals surface area contributed by atoms with Gasteiger partial charge in [-0.15, -0.1) is 13.2 Å². The molecule has 0 aromatic carbocycles. The molecule has 5 atom stereocenters. The summed E-state index contributed by atoms with van der Waals surface area (Å²) in [5, 5.41) is 20.5. The molecule has 0 bridgehead atoms. The van der Waals surface area contributed by atoms with Gasteiger partial charge in [-0.05, 0) is 94.8 Å². The lowest BCUT2D eigenvalue weighted by atomic mass is 9.69. The molecule has 5 unspecified atom stereocenters. The molecular weight excluding hydrogens is 497 g/mol. The van der Waals surface area contributed by atoms with Crippen molar-refractivity contribution >= 4 is 5.91 Å². The third-order valence-corrected chi connectivity index (χ3v) is 9.80. The summed E-state index contributed by atoms with van der Waals surface area (Å²) in [7, 11) is 0. The van der Waals surface area contributed by atoms with Crippen LogP contribution in [0.4, 0.5) is 13.2 Å². The van der Waals surface area contributed by atoms with Gasteiger partial charge in [0.15, 0.2) is 0 Å². The predicted molar refractivity (Wildman–Crippen MR) is 140 cm³/mol. The normalized spacial score (nSPS) is 37.9. The lowest BCUT2D eigenvalue weighted by Crippen LogP contribution is -2.51. The fraction of sp³-hybridized carbons (Fsp3) is 0.964. The molecule has 10 heteroatoms. The average molecular weight is 547 g/mol. The number of aliphatic hydroxyl groups excluding tert-OH is 1. The highest BCUT2D eigenvalue weighted by molar-refractivity contribution is 5.79. The minimum atomic E-state index is -4.56. The summed E-state index contributed by atoms with van der Waals surface area (Å²) in [6.07, 6.45) is 8.72. The van der Waals surface area contributed by atoms with E-state index in [1.807, 2.05) is 0 Å². The molecule has 4 saturated carbocycles. The molecule has 0 aromatic heterocycles. The Morgan fingerprint density at radius 2 is 1.58 bits per heavy atom. The molecular formula is C28H49F3N4O3. The van der Waals surface area contributed by atoms with Crippen LogP contribution in [0.25, 0.3) is 0 Å². The predicted octanol–water partition coefficient (Wildman–Crippen LogP) is 4.29. The maximum Gasteiger partial charge on any atom is 0.522 e. The minimum Gasteiger partial charge on any atom is -0.393 e. The van der Waals surface area contributed by atoms with E-state index in [1.165, 1.54) is 6.42 Å². The van der Waals surface area contributed by atoms with Crippen LogP contribution in [-0.4, -0.2) is 54.5 Å². The summed E-state index contributed by atoms with van der Waals surface area (Å²) in [5.41, 5.74) is 6.41. The Morgan fingerprint density at radius 1 is 0.895 bits per heavy atom. The molecule has 0 spiro atoms. The third-order valence-electron chi connectivity index (χ3n) is 9.80. The van der Waals surface area contributed by atoms with Crippen LogP contribution in [0.3, 0.4) is 0 Å². The van der Waals surface area contributed by atoms with Crippen molar-refractivity contribution in [3.05, 3.63) is 0 Å². The van der Waals surface area contributed by atoms with E-state index >= 15 is 0 Å². The second-order valence-corrected chi connectivity index (χ2v) is 12.4. The number of alkyl halides is 3. The van der Waals surface area contributed by atoms with E-state index in [0.717, 1.165) is 70.6 Å². The van der Waals surface area contributed by atoms with E-state index in [4.69, 9.17) is 5.73 Å². The molecule has 4 rings (SSSR count). The van der Waals surface area contributed by atoms with E-state index in [0.29, 0.717) is 50.1 Å². The van der Waals surface area contributed by atoms with Crippen molar-refractivity contribution in [2.24, 2.45) is 29.4 Å². The van der Waals surface area contributed by atoms with Crippen molar-refractivity contribution in [1.29, 1.82) is 0 Å². The molecule has 4 aliphatic rings. The van der Waals surface area contributed by atoms with Gasteiger partial charge in [-0.1, -0.05) is 25.7 Å². The lowest BCUT2D eigenvalue weighted by Gasteiger charge is -2.39. The Hall–Kier alpha value is -0.940. The highest BCUT2D eigenvalue weighted by Crippen LogP contribution is 2.40. The minimum absolute atomic E-state index is 0.0747. The van der Waals surface area contributed by atoms with E-state index in [9.17, 15) is 23.1 Å². The number of halogens is 3. The van der Waals surface area contributed by atoms with Crippen LogP contribution in [0.1, 0.15) is 103 Å². The van der Waals surface area contributed by atoms with Crippen LogP contribution in [0.5, 0.6) is 0 Å². The molecule has 220 valence electrons. The standard InChI is InChI=1S/C28H49F3N4O3/c29-28(30,31)38-23-14-12-21(13-15-23)33-17-34-26(32)18-8-10-22(11-9-18)35-27(37)20-5-3-4-19(16-20)24-6-1-2-7-25(24)36/h18-26,33-34,36H,1-17,32H2,(H,35,37). The van der Waals surface area contributed by atoms with Gasteiger partial charge in [0.05, 0.1) is 18.4 Å². The van der Waals surface area contributed by atoms with Crippen molar-refractivity contribution in [2.75, 3.05) is 6.67 Å². The quantitative estimate of drug-likeness (QED) is 0.276. The number of amides is 1. The second kappa shape index (κ2) is 14.1. The molecule has 0 aromatic rings. The lowest BCUT2D eigenvalue weighted by molar-refractivity contribution is -0.345. The monoisotopic (exact) mass is 546 g/mol. The summed E-state index contributed by atoms with van der Waals surface area (Å²) < 4.78 is 41.3. The number of nitrogens with one attached hydrogen (secondary N) is 3. The van der Waals surface area contributed by atoms with Gasteiger partial charge in [-0.3, -0.25) is 14.8 Å². The number of ether oxygens (including phenoxy) is 1. The SMILES string of the molecule is NC(NCNC1CCC(OC(F)(F)F)CC1)C1CCC(NC(=O)C2CCCC(C3CCCCC3O)C2)CC1. The first kappa shape index (κ1) is 30.0. The highest BCUT2D eigenvalue weighted by Gasteiger charge is 2.37. The Kier molecular flexibility index (Phi) is 11.1. The topological polar surface area (TPSA) is 109 Å². The molecule has 1 amide bonds. The van der Waals surface area contributed by atoms with Gasteiger partial charge in [-0.2, -0.15) is 0 Å². The van der Waals surface area contributed by atoms with Crippen molar-refractivity contribution in [1.82, 2.24) is 16.0 Å².